The van der Waals surface area contributed by atoms with Gasteiger partial charge in [0.2, 0.25) is 0 Å². The number of hydrogen-bond acceptors (Lipinski definition) is 2. The Labute approximate surface area is 103 Å². The molecule has 0 aliphatic carbocycles. The van der Waals surface area contributed by atoms with Crippen LogP contribution in [0.25, 0.3) is 0 Å². The van der Waals surface area contributed by atoms with Gasteiger partial charge in [-0.2, -0.15) is 11.3 Å². The zero-order valence-corrected chi connectivity index (χ0v) is 10.3. The summed E-state index contributed by atoms with van der Waals surface area (Å²) in [6, 6.07) is 6.37. The van der Waals surface area contributed by atoms with Crippen molar-refractivity contribution < 1.29 is 4.39 Å². The predicted molar refractivity (Wildman–Crippen MR) is 66.6 cm³/mol. The van der Waals surface area contributed by atoms with Crippen LogP contribution in [-0.2, 0) is 0 Å². The fourth-order valence-electron chi connectivity index (χ4n) is 1.68. The maximum absolute atomic E-state index is 13.2. The topological polar surface area (TPSA) is 12.0 Å². The van der Waals surface area contributed by atoms with Crippen LogP contribution in [0.3, 0.4) is 0 Å². The zero-order valence-electron chi connectivity index (χ0n) is 8.71. The van der Waals surface area contributed by atoms with Crippen molar-refractivity contribution in [2.45, 2.75) is 6.04 Å². The molecule has 0 bridgehead atoms. The molecule has 0 aliphatic rings. The van der Waals surface area contributed by atoms with Gasteiger partial charge in [-0.25, -0.2) is 4.39 Å². The smallest absolute Gasteiger partial charge is 0.123 e. The van der Waals surface area contributed by atoms with Crippen LogP contribution < -0.4 is 5.32 Å². The van der Waals surface area contributed by atoms with E-state index < -0.39 is 0 Å². The molecule has 0 fully saturated rings. The number of rotatable bonds is 3. The quantitative estimate of drug-likeness (QED) is 0.879. The minimum absolute atomic E-state index is 0.0607. The second-order valence-electron chi connectivity index (χ2n) is 3.44. The summed E-state index contributed by atoms with van der Waals surface area (Å²) in [7, 11) is 1.84. The highest BCUT2D eigenvalue weighted by Gasteiger charge is 2.16. The fourth-order valence-corrected chi connectivity index (χ4v) is 2.59. The monoisotopic (exact) mass is 255 g/mol. The molecule has 1 unspecified atom stereocenters. The van der Waals surface area contributed by atoms with Crippen LogP contribution in [0.4, 0.5) is 4.39 Å². The van der Waals surface area contributed by atoms with Gasteiger partial charge in [-0.3, -0.25) is 0 Å². The number of hydrogen-bond donors (Lipinski definition) is 1. The molecule has 4 heteroatoms. The van der Waals surface area contributed by atoms with Crippen molar-refractivity contribution in [2.75, 3.05) is 7.05 Å². The first-order chi connectivity index (χ1) is 7.72. The lowest BCUT2D eigenvalue weighted by Gasteiger charge is -2.17. The standard InChI is InChI=1S/C12H11ClFNS/c1-15-12(8-4-5-16-7-8)10-6-9(14)2-3-11(10)13/h2-7,12,15H,1H3. The summed E-state index contributed by atoms with van der Waals surface area (Å²) in [6.07, 6.45) is 0. The molecular weight excluding hydrogens is 245 g/mol. The molecule has 1 heterocycles. The Morgan fingerprint density at radius 2 is 2.19 bits per heavy atom. The first-order valence-corrected chi connectivity index (χ1v) is 6.18. The third-order valence-electron chi connectivity index (χ3n) is 2.43. The van der Waals surface area contributed by atoms with Gasteiger partial charge in [-0.1, -0.05) is 11.6 Å². The minimum Gasteiger partial charge on any atom is -0.309 e. The first kappa shape index (κ1) is 11.6. The molecule has 0 amide bonds. The summed E-state index contributed by atoms with van der Waals surface area (Å²) in [5.41, 5.74) is 1.86. The average molecular weight is 256 g/mol. The number of nitrogens with one attached hydrogen (secondary N) is 1. The summed E-state index contributed by atoms with van der Waals surface area (Å²) in [5, 5.41) is 7.74. The van der Waals surface area contributed by atoms with Gasteiger partial charge in [0.15, 0.2) is 0 Å². The van der Waals surface area contributed by atoms with Crippen LogP contribution in [0.2, 0.25) is 5.02 Å². The second-order valence-corrected chi connectivity index (χ2v) is 4.63. The average Bonchev–Trinajstić information content (AvgIpc) is 2.78. The highest BCUT2D eigenvalue weighted by Crippen LogP contribution is 2.29. The van der Waals surface area contributed by atoms with Gasteiger partial charge in [0.1, 0.15) is 5.82 Å². The molecule has 0 saturated heterocycles. The van der Waals surface area contributed by atoms with Crippen molar-refractivity contribution in [3.05, 3.63) is 57.0 Å². The molecule has 0 spiro atoms. The Balaban J connectivity index is 2.44. The maximum atomic E-state index is 13.2. The van der Waals surface area contributed by atoms with Crippen molar-refractivity contribution >= 4 is 22.9 Å². The molecule has 0 aliphatic heterocycles. The highest BCUT2D eigenvalue weighted by molar-refractivity contribution is 7.08. The van der Waals surface area contributed by atoms with E-state index in [2.05, 4.69) is 5.32 Å². The molecule has 2 aromatic rings. The van der Waals surface area contributed by atoms with Crippen LogP contribution in [0.1, 0.15) is 17.2 Å². The molecular formula is C12H11ClFNS. The van der Waals surface area contributed by atoms with Crippen LogP contribution in [0.15, 0.2) is 35.0 Å². The number of halogens is 2. The van der Waals surface area contributed by atoms with Gasteiger partial charge < -0.3 is 5.32 Å². The summed E-state index contributed by atoms with van der Waals surface area (Å²) >= 11 is 7.69. The van der Waals surface area contributed by atoms with Crippen molar-refractivity contribution in [1.82, 2.24) is 5.32 Å². The Hall–Kier alpha value is -0.900. The Kier molecular flexibility index (Phi) is 3.59. The third-order valence-corrected chi connectivity index (χ3v) is 3.48. The van der Waals surface area contributed by atoms with Crippen LogP contribution >= 0.6 is 22.9 Å². The summed E-state index contributed by atoms with van der Waals surface area (Å²) in [4.78, 5) is 0. The lowest BCUT2D eigenvalue weighted by Crippen LogP contribution is -2.17. The van der Waals surface area contributed by atoms with E-state index in [-0.39, 0.29) is 11.9 Å². The summed E-state index contributed by atoms with van der Waals surface area (Å²) in [5.74, 6) is -0.269. The van der Waals surface area contributed by atoms with E-state index in [0.717, 1.165) is 11.1 Å². The molecule has 84 valence electrons. The second kappa shape index (κ2) is 4.95. The van der Waals surface area contributed by atoms with E-state index in [9.17, 15) is 4.39 Å². The van der Waals surface area contributed by atoms with Crippen LogP contribution in [0.5, 0.6) is 0 Å². The SMILES string of the molecule is CNC(c1ccsc1)c1cc(F)ccc1Cl. The predicted octanol–water partition coefficient (Wildman–Crippen LogP) is 3.85. The summed E-state index contributed by atoms with van der Waals surface area (Å²) < 4.78 is 13.2. The molecule has 2 rings (SSSR count). The fraction of sp³-hybridized carbons (Fsp3) is 0.167. The Morgan fingerprint density at radius 1 is 1.38 bits per heavy atom. The van der Waals surface area contributed by atoms with E-state index in [4.69, 9.17) is 11.6 Å². The van der Waals surface area contributed by atoms with Gasteiger partial charge >= 0.3 is 0 Å². The van der Waals surface area contributed by atoms with Crippen molar-refractivity contribution in [3.8, 4) is 0 Å². The van der Waals surface area contributed by atoms with Gasteiger partial charge in [0, 0.05) is 5.02 Å². The zero-order chi connectivity index (χ0) is 11.5. The molecule has 1 aromatic heterocycles. The summed E-state index contributed by atoms with van der Waals surface area (Å²) in [6.45, 7) is 0. The lowest BCUT2D eigenvalue weighted by atomic mass is 10.0. The van der Waals surface area contributed by atoms with Gasteiger partial charge in [-0.05, 0) is 53.2 Å². The van der Waals surface area contributed by atoms with E-state index >= 15 is 0 Å². The van der Waals surface area contributed by atoms with Gasteiger partial charge in [0.05, 0.1) is 6.04 Å². The van der Waals surface area contributed by atoms with Gasteiger partial charge in [-0.15, -0.1) is 0 Å². The van der Waals surface area contributed by atoms with Crippen LogP contribution in [0, 0.1) is 5.82 Å². The molecule has 1 nitrogen and oxygen atoms in total. The lowest BCUT2D eigenvalue weighted by molar-refractivity contribution is 0.617. The minimum atomic E-state index is -0.269. The highest BCUT2D eigenvalue weighted by atomic mass is 35.5. The number of benzene rings is 1. The van der Waals surface area contributed by atoms with Gasteiger partial charge in [0.25, 0.3) is 0 Å². The number of thiophene rings is 1. The molecule has 16 heavy (non-hydrogen) atoms. The Bertz CT molecular complexity index is 470. The molecule has 0 saturated carbocycles. The molecule has 1 N–H and O–H groups in total. The van der Waals surface area contributed by atoms with E-state index in [1.165, 1.54) is 12.1 Å². The molecule has 1 aromatic carbocycles. The first-order valence-electron chi connectivity index (χ1n) is 4.86. The van der Waals surface area contributed by atoms with Crippen LogP contribution in [-0.4, -0.2) is 7.05 Å². The third kappa shape index (κ3) is 2.26. The van der Waals surface area contributed by atoms with E-state index in [0.29, 0.717) is 5.02 Å². The van der Waals surface area contributed by atoms with Crippen molar-refractivity contribution in [3.63, 3.8) is 0 Å². The van der Waals surface area contributed by atoms with Crippen molar-refractivity contribution in [1.29, 1.82) is 0 Å². The van der Waals surface area contributed by atoms with Crippen molar-refractivity contribution in [2.24, 2.45) is 0 Å². The normalized spacial score (nSPS) is 12.7. The molecule has 1 atom stereocenters. The van der Waals surface area contributed by atoms with E-state index in [1.807, 2.05) is 23.9 Å². The Morgan fingerprint density at radius 3 is 2.81 bits per heavy atom. The largest absolute Gasteiger partial charge is 0.309 e. The molecule has 0 radical (unpaired) electrons. The maximum Gasteiger partial charge on any atom is 0.123 e. The van der Waals surface area contributed by atoms with E-state index in [1.54, 1.807) is 17.4 Å².